The molecule has 0 unspecified atom stereocenters. The zero-order valence-corrected chi connectivity index (χ0v) is 9.02. The maximum absolute atomic E-state index is 13.2. The first kappa shape index (κ1) is 11.3. The second-order valence-corrected chi connectivity index (χ2v) is 3.51. The van der Waals surface area contributed by atoms with Crippen molar-refractivity contribution in [1.29, 1.82) is 0 Å². The standard InChI is InChI=1S/C12H11FN2O2/c13-11-4-2-1-3-9(11)5-6-14-12(16)10-7-15-17-8-10/h1-4,7-8H,5-6H2,(H,14,16). The van der Waals surface area contributed by atoms with Gasteiger partial charge in [0, 0.05) is 6.54 Å². The number of benzene rings is 1. The predicted octanol–water partition coefficient (Wildman–Crippen LogP) is 1.79. The Morgan fingerprint density at radius 1 is 1.41 bits per heavy atom. The highest BCUT2D eigenvalue weighted by atomic mass is 19.1. The molecular formula is C12H11FN2O2. The molecule has 0 aliphatic carbocycles. The van der Waals surface area contributed by atoms with Gasteiger partial charge in [0.15, 0.2) is 0 Å². The van der Waals surface area contributed by atoms with Crippen LogP contribution in [0.4, 0.5) is 4.39 Å². The molecule has 17 heavy (non-hydrogen) atoms. The summed E-state index contributed by atoms with van der Waals surface area (Å²) >= 11 is 0. The van der Waals surface area contributed by atoms with Crippen LogP contribution in [0.3, 0.4) is 0 Å². The highest BCUT2D eigenvalue weighted by Crippen LogP contribution is 2.06. The lowest BCUT2D eigenvalue weighted by Gasteiger charge is -2.04. The first-order valence-corrected chi connectivity index (χ1v) is 5.18. The maximum atomic E-state index is 13.2. The van der Waals surface area contributed by atoms with E-state index in [1.54, 1.807) is 18.2 Å². The van der Waals surface area contributed by atoms with E-state index < -0.39 is 0 Å². The highest BCUT2D eigenvalue weighted by molar-refractivity contribution is 5.93. The average molecular weight is 234 g/mol. The number of carbonyl (C=O) groups is 1. The van der Waals surface area contributed by atoms with E-state index >= 15 is 0 Å². The Labute approximate surface area is 97.4 Å². The fraction of sp³-hybridized carbons (Fsp3) is 0.167. The molecule has 0 aliphatic heterocycles. The van der Waals surface area contributed by atoms with Gasteiger partial charge in [0.25, 0.3) is 5.91 Å². The Kier molecular flexibility index (Phi) is 3.49. The molecule has 1 heterocycles. The molecule has 4 nitrogen and oxygen atoms in total. The van der Waals surface area contributed by atoms with Gasteiger partial charge in [-0.1, -0.05) is 23.4 Å². The van der Waals surface area contributed by atoms with Crippen molar-refractivity contribution in [3.63, 3.8) is 0 Å². The van der Waals surface area contributed by atoms with E-state index in [-0.39, 0.29) is 11.7 Å². The molecule has 88 valence electrons. The third-order valence-corrected chi connectivity index (χ3v) is 2.33. The van der Waals surface area contributed by atoms with E-state index in [1.807, 2.05) is 0 Å². The van der Waals surface area contributed by atoms with Crippen LogP contribution in [0.15, 0.2) is 41.2 Å². The molecule has 0 aliphatic rings. The van der Waals surface area contributed by atoms with Crippen LogP contribution in [0.5, 0.6) is 0 Å². The van der Waals surface area contributed by atoms with Crippen LogP contribution in [0.1, 0.15) is 15.9 Å². The monoisotopic (exact) mass is 234 g/mol. The zero-order valence-electron chi connectivity index (χ0n) is 9.02. The topological polar surface area (TPSA) is 55.1 Å². The Morgan fingerprint density at radius 2 is 2.24 bits per heavy atom. The first-order valence-electron chi connectivity index (χ1n) is 5.18. The summed E-state index contributed by atoms with van der Waals surface area (Å²) in [6, 6.07) is 6.49. The lowest BCUT2D eigenvalue weighted by molar-refractivity contribution is 0.0953. The van der Waals surface area contributed by atoms with E-state index in [4.69, 9.17) is 0 Å². The van der Waals surface area contributed by atoms with Crippen molar-refractivity contribution >= 4 is 5.91 Å². The number of rotatable bonds is 4. The summed E-state index contributed by atoms with van der Waals surface area (Å²) in [6.07, 6.45) is 3.04. The minimum absolute atomic E-state index is 0.258. The van der Waals surface area contributed by atoms with E-state index in [1.165, 1.54) is 18.5 Å². The van der Waals surface area contributed by atoms with Crippen molar-refractivity contribution in [3.8, 4) is 0 Å². The van der Waals surface area contributed by atoms with Crippen LogP contribution in [-0.2, 0) is 6.42 Å². The third kappa shape index (κ3) is 2.90. The van der Waals surface area contributed by atoms with Gasteiger partial charge in [-0.05, 0) is 18.1 Å². The van der Waals surface area contributed by atoms with Crippen molar-refractivity contribution in [3.05, 3.63) is 53.7 Å². The molecule has 1 N–H and O–H groups in total. The Balaban J connectivity index is 1.84. The molecule has 0 spiro atoms. The van der Waals surface area contributed by atoms with Gasteiger partial charge in [0.2, 0.25) is 0 Å². The molecule has 1 amide bonds. The van der Waals surface area contributed by atoms with Crippen molar-refractivity contribution in [2.75, 3.05) is 6.54 Å². The van der Waals surface area contributed by atoms with Crippen LogP contribution in [-0.4, -0.2) is 17.6 Å². The zero-order chi connectivity index (χ0) is 12.1. The maximum Gasteiger partial charge on any atom is 0.256 e. The van der Waals surface area contributed by atoms with E-state index in [0.29, 0.717) is 24.1 Å². The molecule has 0 radical (unpaired) electrons. The van der Waals surface area contributed by atoms with Gasteiger partial charge < -0.3 is 9.84 Å². The summed E-state index contributed by atoms with van der Waals surface area (Å²) in [7, 11) is 0. The number of hydrogen-bond acceptors (Lipinski definition) is 3. The normalized spacial score (nSPS) is 10.2. The minimum Gasteiger partial charge on any atom is -0.364 e. The highest BCUT2D eigenvalue weighted by Gasteiger charge is 2.07. The summed E-state index contributed by atoms with van der Waals surface area (Å²) in [6.45, 7) is 0.366. The van der Waals surface area contributed by atoms with Crippen molar-refractivity contribution in [2.24, 2.45) is 0 Å². The molecular weight excluding hydrogens is 223 g/mol. The molecule has 0 fully saturated rings. The lowest BCUT2D eigenvalue weighted by Crippen LogP contribution is -2.25. The molecule has 0 atom stereocenters. The van der Waals surface area contributed by atoms with Gasteiger partial charge in [-0.2, -0.15) is 0 Å². The Morgan fingerprint density at radius 3 is 2.94 bits per heavy atom. The number of nitrogens with one attached hydrogen (secondary N) is 1. The largest absolute Gasteiger partial charge is 0.364 e. The molecule has 2 aromatic rings. The van der Waals surface area contributed by atoms with Gasteiger partial charge in [0.05, 0.1) is 11.8 Å². The fourth-order valence-electron chi connectivity index (χ4n) is 1.43. The van der Waals surface area contributed by atoms with E-state index in [9.17, 15) is 9.18 Å². The molecule has 0 saturated carbocycles. The number of aromatic nitrogens is 1. The number of carbonyl (C=O) groups excluding carboxylic acids is 1. The predicted molar refractivity (Wildman–Crippen MR) is 58.9 cm³/mol. The average Bonchev–Trinajstić information content (AvgIpc) is 2.85. The van der Waals surface area contributed by atoms with Gasteiger partial charge in [-0.15, -0.1) is 0 Å². The summed E-state index contributed by atoms with van der Waals surface area (Å²) in [5, 5.41) is 6.08. The quantitative estimate of drug-likeness (QED) is 0.877. The van der Waals surface area contributed by atoms with E-state index in [2.05, 4.69) is 15.0 Å². The molecule has 5 heteroatoms. The molecule has 1 aromatic carbocycles. The van der Waals surface area contributed by atoms with Crippen molar-refractivity contribution < 1.29 is 13.7 Å². The van der Waals surface area contributed by atoms with Crippen molar-refractivity contribution in [2.45, 2.75) is 6.42 Å². The number of hydrogen-bond donors (Lipinski definition) is 1. The van der Waals surface area contributed by atoms with Crippen LogP contribution in [0, 0.1) is 5.82 Å². The number of amides is 1. The first-order chi connectivity index (χ1) is 8.27. The minimum atomic E-state index is -0.275. The van der Waals surface area contributed by atoms with Crippen LogP contribution in [0.25, 0.3) is 0 Å². The van der Waals surface area contributed by atoms with Gasteiger partial charge in [0.1, 0.15) is 12.1 Å². The molecule has 0 bridgehead atoms. The van der Waals surface area contributed by atoms with Gasteiger partial charge >= 0.3 is 0 Å². The second-order valence-electron chi connectivity index (χ2n) is 3.51. The van der Waals surface area contributed by atoms with E-state index in [0.717, 1.165) is 0 Å². The smallest absolute Gasteiger partial charge is 0.256 e. The van der Waals surface area contributed by atoms with Gasteiger partial charge in [-0.3, -0.25) is 4.79 Å². The molecule has 0 saturated heterocycles. The van der Waals surface area contributed by atoms with Crippen LogP contribution < -0.4 is 5.32 Å². The van der Waals surface area contributed by atoms with Crippen LogP contribution in [0.2, 0.25) is 0 Å². The number of halogens is 1. The Bertz CT molecular complexity index is 497. The Hall–Kier alpha value is -2.17. The second kappa shape index (κ2) is 5.25. The summed E-state index contributed by atoms with van der Waals surface area (Å²) in [5.74, 6) is -0.533. The number of nitrogens with zero attached hydrogens (tertiary/aromatic N) is 1. The summed E-state index contributed by atoms with van der Waals surface area (Å²) in [4.78, 5) is 11.5. The van der Waals surface area contributed by atoms with Gasteiger partial charge in [-0.25, -0.2) is 4.39 Å². The van der Waals surface area contributed by atoms with Crippen LogP contribution >= 0.6 is 0 Å². The van der Waals surface area contributed by atoms with Crippen molar-refractivity contribution in [1.82, 2.24) is 10.5 Å². The fourth-order valence-corrected chi connectivity index (χ4v) is 1.43. The SMILES string of the molecule is O=C(NCCc1ccccc1F)c1cnoc1. The molecule has 1 aromatic heterocycles. The summed E-state index contributed by atoms with van der Waals surface area (Å²) in [5.41, 5.74) is 0.941. The molecule has 2 rings (SSSR count). The third-order valence-electron chi connectivity index (χ3n) is 2.33. The lowest BCUT2D eigenvalue weighted by atomic mass is 10.1. The summed E-state index contributed by atoms with van der Waals surface area (Å²) < 4.78 is 17.8.